The first-order chi connectivity index (χ1) is 15.2. The lowest BCUT2D eigenvalue weighted by atomic mass is 9.93. The van der Waals surface area contributed by atoms with Crippen LogP contribution < -0.4 is 10.6 Å². The summed E-state index contributed by atoms with van der Waals surface area (Å²) in [6, 6.07) is 18.7. The SMILES string of the molecule is CN=C(NCc1ccc(COCc2ccccc2)cc1)N1CCC(CC(=O)NC)CC1. The summed E-state index contributed by atoms with van der Waals surface area (Å²) in [7, 11) is 3.53. The summed E-state index contributed by atoms with van der Waals surface area (Å²) in [5.74, 6) is 1.52. The number of carbonyl (C=O) groups excluding carboxylic acids is 1. The van der Waals surface area contributed by atoms with Crippen molar-refractivity contribution in [1.29, 1.82) is 0 Å². The number of carbonyl (C=O) groups is 1. The van der Waals surface area contributed by atoms with E-state index in [1.54, 1.807) is 7.05 Å². The van der Waals surface area contributed by atoms with Crippen molar-refractivity contribution >= 4 is 11.9 Å². The summed E-state index contributed by atoms with van der Waals surface area (Å²) in [4.78, 5) is 18.3. The van der Waals surface area contributed by atoms with Crippen molar-refractivity contribution in [2.24, 2.45) is 10.9 Å². The van der Waals surface area contributed by atoms with Gasteiger partial charge in [0.2, 0.25) is 5.91 Å². The maximum Gasteiger partial charge on any atom is 0.220 e. The Kier molecular flexibility index (Phi) is 8.91. The van der Waals surface area contributed by atoms with E-state index in [0.29, 0.717) is 25.6 Å². The molecule has 3 rings (SSSR count). The fourth-order valence-corrected chi connectivity index (χ4v) is 3.84. The van der Waals surface area contributed by atoms with Crippen molar-refractivity contribution in [2.75, 3.05) is 27.2 Å². The first-order valence-corrected chi connectivity index (χ1v) is 11.0. The minimum Gasteiger partial charge on any atom is -0.372 e. The summed E-state index contributed by atoms with van der Waals surface area (Å²) in [5.41, 5.74) is 3.57. The molecule has 6 nitrogen and oxygen atoms in total. The predicted molar refractivity (Wildman–Crippen MR) is 125 cm³/mol. The fraction of sp³-hybridized carbons (Fsp3) is 0.440. The largest absolute Gasteiger partial charge is 0.372 e. The fourth-order valence-electron chi connectivity index (χ4n) is 3.84. The van der Waals surface area contributed by atoms with Crippen LogP contribution in [0.25, 0.3) is 0 Å². The molecule has 0 bridgehead atoms. The van der Waals surface area contributed by atoms with E-state index in [9.17, 15) is 4.79 Å². The number of guanidine groups is 1. The smallest absolute Gasteiger partial charge is 0.220 e. The molecule has 1 aliphatic rings. The maximum absolute atomic E-state index is 11.6. The Hall–Kier alpha value is -2.86. The van der Waals surface area contributed by atoms with Crippen LogP contribution in [0.1, 0.15) is 36.0 Å². The van der Waals surface area contributed by atoms with Crippen LogP contribution >= 0.6 is 0 Å². The number of amides is 1. The van der Waals surface area contributed by atoms with Crippen LogP contribution in [0.4, 0.5) is 0 Å². The molecule has 1 fully saturated rings. The molecule has 1 heterocycles. The van der Waals surface area contributed by atoms with E-state index in [1.165, 1.54) is 16.7 Å². The van der Waals surface area contributed by atoms with Gasteiger partial charge in [-0.1, -0.05) is 54.6 Å². The van der Waals surface area contributed by atoms with Crippen LogP contribution in [0.3, 0.4) is 0 Å². The van der Waals surface area contributed by atoms with E-state index in [0.717, 1.165) is 38.4 Å². The standard InChI is InChI=1S/C25H34N4O2/c1-26-24(30)16-20-12-14-29(15-13-20)25(27-2)28-17-21-8-10-23(11-9-21)19-31-18-22-6-4-3-5-7-22/h3-11,20H,12-19H2,1-2H3,(H,26,30)(H,27,28). The average Bonchev–Trinajstić information content (AvgIpc) is 2.82. The molecular weight excluding hydrogens is 388 g/mol. The lowest BCUT2D eigenvalue weighted by Crippen LogP contribution is -2.45. The minimum atomic E-state index is 0.134. The highest BCUT2D eigenvalue weighted by atomic mass is 16.5. The lowest BCUT2D eigenvalue weighted by molar-refractivity contribution is -0.121. The molecule has 166 valence electrons. The number of nitrogens with zero attached hydrogens (tertiary/aromatic N) is 2. The number of hydrogen-bond donors (Lipinski definition) is 2. The number of aliphatic imine (C=N–C) groups is 1. The van der Waals surface area contributed by atoms with Gasteiger partial charge in [0.15, 0.2) is 5.96 Å². The van der Waals surface area contributed by atoms with Gasteiger partial charge >= 0.3 is 0 Å². The highest BCUT2D eigenvalue weighted by molar-refractivity contribution is 5.80. The monoisotopic (exact) mass is 422 g/mol. The third-order valence-electron chi connectivity index (χ3n) is 5.73. The molecule has 0 aromatic heterocycles. The van der Waals surface area contributed by atoms with E-state index in [2.05, 4.69) is 56.9 Å². The first-order valence-electron chi connectivity index (χ1n) is 11.0. The molecule has 0 radical (unpaired) electrons. The quantitative estimate of drug-likeness (QED) is 0.506. The molecule has 1 amide bonds. The van der Waals surface area contributed by atoms with Crippen molar-refractivity contribution in [3.05, 3.63) is 71.3 Å². The number of ether oxygens (including phenoxy) is 1. The summed E-state index contributed by atoms with van der Waals surface area (Å²) in [5, 5.41) is 6.19. The van der Waals surface area contributed by atoms with Crippen molar-refractivity contribution in [2.45, 2.75) is 39.0 Å². The topological polar surface area (TPSA) is 66.0 Å². The molecule has 0 spiro atoms. The highest BCUT2D eigenvalue weighted by Crippen LogP contribution is 2.20. The number of rotatable bonds is 8. The van der Waals surface area contributed by atoms with E-state index < -0.39 is 0 Å². The molecule has 2 N–H and O–H groups in total. The van der Waals surface area contributed by atoms with Crippen LogP contribution in [-0.4, -0.2) is 44.0 Å². The van der Waals surface area contributed by atoms with E-state index >= 15 is 0 Å². The number of nitrogens with one attached hydrogen (secondary N) is 2. The minimum absolute atomic E-state index is 0.134. The zero-order chi connectivity index (χ0) is 21.9. The van der Waals surface area contributed by atoms with Gasteiger partial charge in [0.1, 0.15) is 0 Å². The summed E-state index contributed by atoms with van der Waals surface area (Å²) in [6.07, 6.45) is 2.66. The molecule has 2 aromatic rings. The van der Waals surface area contributed by atoms with Crippen LogP contribution in [0.2, 0.25) is 0 Å². The number of likely N-dealkylation sites (tertiary alicyclic amines) is 1. The number of hydrogen-bond acceptors (Lipinski definition) is 3. The molecule has 0 unspecified atom stereocenters. The van der Waals surface area contributed by atoms with Crippen molar-refractivity contribution < 1.29 is 9.53 Å². The van der Waals surface area contributed by atoms with Crippen molar-refractivity contribution in [1.82, 2.24) is 15.5 Å². The highest BCUT2D eigenvalue weighted by Gasteiger charge is 2.22. The molecule has 31 heavy (non-hydrogen) atoms. The Morgan fingerprint density at radius 3 is 2.23 bits per heavy atom. The molecular formula is C25H34N4O2. The van der Waals surface area contributed by atoms with Gasteiger partial charge in [-0.3, -0.25) is 9.79 Å². The zero-order valence-electron chi connectivity index (χ0n) is 18.6. The Morgan fingerprint density at radius 1 is 1.00 bits per heavy atom. The van der Waals surface area contributed by atoms with Gasteiger partial charge in [-0.2, -0.15) is 0 Å². The molecule has 2 aromatic carbocycles. The van der Waals surface area contributed by atoms with Gasteiger partial charge in [0.05, 0.1) is 13.2 Å². The summed E-state index contributed by atoms with van der Waals surface area (Å²) >= 11 is 0. The Labute approximate surface area is 185 Å². The van der Waals surface area contributed by atoms with Crippen LogP contribution in [0.15, 0.2) is 59.6 Å². The number of benzene rings is 2. The molecule has 1 saturated heterocycles. The Bertz CT molecular complexity index is 828. The van der Waals surface area contributed by atoms with Crippen LogP contribution in [0.5, 0.6) is 0 Å². The van der Waals surface area contributed by atoms with E-state index in [-0.39, 0.29) is 5.91 Å². The van der Waals surface area contributed by atoms with Crippen molar-refractivity contribution in [3.63, 3.8) is 0 Å². The van der Waals surface area contributed by atoms with Crippen LogP contribution in [0, 0.1) is 5.92 Å². The maximum atomic E-state index is 11.6. The third kappa shape index (κ3) is 7.40. The summed E-state index contributed by atoms with van der Waals surface area (Å²) < 4.78 is 5.81. The van der Waals surface area contributed by atoms with Gasteiger partial charge in [-0.25, -0.2) is 0 Å². The average molecular weight is 423 g/mol. The normalized spacial score (nSPS) is 15.0. The Balaban J connectivity index is 1.40. The second-order valence-corrected chi connectivity index (χ2v) is 8.00. The molecule has 0 atom stereocenters. The molecule has 0 aliphatic carbocycles. The van der Waals surface area contributed by atoms with Gasteiger partial charge in [0, 0.05) is 40.2 Å². The van der Waals surface area contributed by atoms with E-state index in [4.69, 9.17) is 4.74 Å². The van der Waals surface area contributed by atoms with Crippen molar-refractivity contribution in [3.8, 4) is 0 Å². The van der Waals surface area contributed by atoms with Crippen LogP contribution in [-0.2, 0) is 29.3 Å². The van der Waals surface area contributed by atoms with E-state index in [1.807, 2.05) is 25.2 Å². The summed E-state index contributed by atoms with van der Waals surface area (Å²) in [6.45, 7) is 3.82. The van der Waals surface area contributed by atoms with Gasteiger partial charge in [-0.05, 0) is 35.4 Å². The van der Waals surface area contributed by atoms with Gasteiger partial charge in [-0.15, -0.1) is 0 Å². The second kappa shape index (κ2) is 12.1. The third-order valence-corrected chi connectivity index (χ3v) is 5.73. The molecule has 0 saturated carbocycles. The second-order valence-electron chi connectivity index (χ2n) is 8.00. The molecule has 1 aliphatic heterocycles. The van der Waals surface area contributed by atoms with Gasteiger partial charge < -0.3 is 20.3 Å². The first kappa shape index (κ1) is 22.8. The lowest BCUT2D eigenvalue weighted by Gasteiger charge is -2.34. The Morgan fingerprint density at radius 2 is 1.61 bits per heavy atom. The predicted octanol–water partition coefficient (Wildman–Crippen LogP) is 3.33. The molecule has 6 heteroatoms. The zero-order valence-corrected chi connectivity index (χ0v) is 18.6. The number of piperidine rings is 1. The van der Waals surface area contributed by atoms with Gasteiger partial charge in [0.25, 0.3) is 0 Å².